The van der Waals surface area contributed by atoms with Gasteiger partial charge in [-0.25, -0.2) is 13.1 Å². The van der Waals surface area contributed by atoms with Crippen LogP contribution >= 0.6 is 0 Å². The van der Waals surface area contributed by atoms with Crippen molar-refractivity contribution >= 4 is 26.6 Å². The number of pyridine rings is 1. The highest BCUT2D eigenvalue weighted by Gasteiger charge is 2.20. The molecule has 0 aliphatic rings. The molecule has 0 aliphatic heterocycles. The summed E-state index contributed by atoms with van der Waals surface area (Å²) in [7, 11) is -1.98. The quantitative estimate of drug-likeness (QED) is 0.513. The molecular formula is C23H24N4O3S. The van der Waals surface area contributed by atoms with Crippen LogP contribution in [0, 0.1) is 6.92 Å². The van der Waals surface area contributed by atoms with Crippen molar-refractivity contribution < 1.29 is 8.42 Å². The summed E-state index contributed by atoms with van der Waals surface area (Å²) < 4.78 is 31.6. The van der Waals surface area contributed by atoms with Gasteiger partial charge in [0, 0.05) is 23.7 Å². The zero-order valence-electron chi connectivity index (χ0n) is 17.8. The number of anilines is 1. The Balaban J connectivity index is 1.66. The molecule has 2 heterocycles. The lowest BCUT2D eigenvalue weighted by Crippen LogP contribution is -2.21. The summed E-state index contributed by atoms with van der Waals surface area (Å²) in [6, 6.07) is 15.5. The molecule has 7 nitrogen and oxygen atoms in total. The molecule has 2 aromatic heterocycles. The molecule has 31 heavy (non-hydrogen) atoms. The van der Waals surface area contributed by atoms with Crippen molar-refractivity contribution in [1.82, 2.24) is 14.3 Å². The molecule has 0 bridgehead atoms. The maximum absolute atomic E-state index is 12.9. The van der Waals surface area contributed by atoms with E-state index in [2.05, 4.69) is 9.71 Å². The molecule has 2 aromatic carbocycles. The number of rotatable bonds is 5. The average Bonchev–Trinajstić information content (AvgIpc) is 2.96. The summed E-state index contributed by atoms with van der Waals surface area (Å²) in [6.45, 7) is 5.88. The second-order valence-electron chi connectivity index (χ2n) is 7.81. The highest BCUT2D eigenvalue weighted by molar-refractivity contribution is 7.92. The number of nitrogens with zero attached hydrogens (tertiary/aromatic N) is 3. The van der Waals surface area contributed by atoms with Crippen LogP contribution in [0.2, 0.25) is 0 Å². The smallest absolute Gasteiger partial charge is 0.275 e. The molecule has 8 heteroatoms. The number of benzene rings is 2. The zero-order chi connectivity index (χ0) is 22.3. The van der Waals surface area contributed by atoms with E-state index in [4.69, 9.17) is 0 Å². The van der Waals surface area contributed by atoms with E-state index in [9.17, 15) is 13.2 Å². The predicted molar refractivity (Wildman–Crippen MR) is 122 cm³/mol. The van der Waals surface area contributed by atoms with Gasteiger partial charge < -0.3 is 0 Å². The maximum Gasteiger partial charge on any atom is 0.275 e. The number of nitrogens with one attached hydrogen (secondary N) is 1. The zero-order valence-corrected chi connectivity index (χ0v) is 18.6. The third-order valence-electron chi connectivity index (χ3n) is 5.41. The van der Waals surface area contributed by atoms with Gasteiger partial charge in [0.15, 0.2) is 0 Å². The summed E-state index contributed by atoms with van der Waals surface area (Å²) in [6.07, 6.45) is 1.49. The Bertz CT molecular complexity index is 1430. The molecule has 160 valence electrons. The highest BCUT2D eigenvalue weighted by atomic mass is 32.2. The maximum atomic E-state index is 12.9. The lowest BCUT2D eigenvalue weighted by Gasteiger charge is -2.11. The van der Waals surface area contributed by atoms with Gasteiger partial charge in [0.2, 0.25) is 0 Å². The molecule has 0 radical (unpaired) electrons. The fourth-order valence-corrected chi connectivity index (χ4v) is 4.83. The summed E-state index contributed by atoms with van der Waals surface area (Å²) in [5, 5.41) is 0.845. The Kier molecular flexibility index (Phi) is 5.18. The van der Waals surface area contributed by atoms with Crippen LogP contribution in [-0.4, -0.2) is 22.8 Å². The fraction of sp³-hybridized carbons (Fsp3) is 0.217. The molecule has 0 unspecified atom stereocenters. The number of para-hydroxylation sites is 1. The molecule has 0 saturated carbocycles. The normalized spacial score (nSPS) is 11.9. The summed E-state index contributed by atoms with van der Waals surface area (Å²) in [5.41, 5.74) is 3.34. The van der Waals surface area contributed by atoms with Gasteiger partial charge in [0.05, 0.1) is 28.0 Å². The van der Waals surface area contributed by atoms with E-state index < -0.39 is 10.0 Å². The molecule has 0 amide bonds. The fourth-order valence-electron chi connectivity index (χ4n) is 3.79. The van der Waals surface area contributed by atoms with E-state index in [0.717, 1.165) is 22.2 Å². The molecule has 4 aromatic rings. The van der Waals surface area contributed by atoms with Gasteiger partial charge in [-0.2, -0.15) is 0 Å². The van der Waals surface area contributed by atoms with Crippen LogP contribution in [-0.2, 0) is 17.1 Å². The van der Waals surface area contributed by atoms with Crippen LogP contribution in [0.3, 0.4) is 0 Å². The number of aromatic nitrogens is 3. The first-order chi connectivity index (χ1) is 14.7. The van der Waals surface area contributed by atoms with Crippen LogP contribution in [0.5, 0.6) is 0 Å². The first-order valence-corrected chi connectivity index (χ1v) is 11.4. The minimum Gasteiger partial charge on any atom is -0.285 e. The van der Waals surface area contributed by atoms with E-state index >= 15 is 0 Å². The minimum atomic E-state index is -3.80. The monoisotopic (exact) mass is 436 g/mol. The van der Waals surface area contributed by atoms with Crippen molar-refractivity contribution in [3.63, 3.8) is 0 Å². The van der Waals surface area contributed by atoms with Crippen LogP contribution in [0.25, 0.3) is 16.6 Å². The second kappa shape index (κ2) is 7.70. The number of fused-ring (bicyclic) bond motifs is 1. The van der Waals surface area contributed by atoms with Crippen LogP contribution < -0.4 is 10.3 Å². The van der Waals surface area contributed by atoms with Gasteiger partial charge in [-0.1, -0.05) is 32.0 Å². The molecule has 0 fully saturated rings. The average molecular weight is 437 g/mol. The van der Waals surface area contributed by atoms with Crippen molar-refractivity contribution in [1.29, 1.82) is 0 Å². The largest absolute Gasteiger partial charge is 0.285 e. The Labute approximate surface area is 181 Å². The van der Waals surface area contributed by atoms with Gasteiger partial charge in [0.25, 0.3) is 15.6 Å². The summed E-state index contributed by atoms with van der Waals surface area (Å²) in [4.78, 5) is 17.3. The van der Waals surface area contributed by atoms with E-state index in [1.807, 2.05) is 52.1 Å². The summed E-state index contributed by atoms with van der Waals surface area (Å²) in [5.74, 6) is 0.0966. The van der Waals surface area contributed by atoms with E-state index in [1.54, 1.807) is 27.6 Å². The number of hydrogen-bond acceptors (Lipinski definition) is 4. The molecular weight excluding hydrogens is 412 g/mol. The summed E-state index contributed by atoms with van der Waals surface area (Å²) >= 11 is 0. The second-order valence-corrected chi connectivity index (χ2v) is 9.49. The van der Waals surface area contributed by atoms with Crippen LogP contribution in [0.1, 0.15) is 31.0 Å². The first-order valence-electron chi connectivity index (χ1n) is 9.95. The Morgan fingerprint density at radius 3 is 2.35 bits per heavy atom. The molecule has 0 aliphatic carbocycles. The highest BCUT2D eigenvalue weighted by Crippen LogP contribution is 2.22. The molecule has 0 atom stereocenters. The Morgan fingerprint density at radius 1 is 1.03 bits per heavy atom. The Morgan fingerprint density at radius 2 is 1.71 bits per heavy atom. The van der Waals surface area contributed by atoms with E-state index in [-0.39, 0.29) is 16.4 Å². The third kappa shape index (κ3) is 3.74. The number of hydrogen-bond donors (Lipinski definition) is 1. The van der Waals surface area contributed by atoms with Crippen LogP contribution in [0.15, 0.2) is 70.5 Å². The molecule has 1 N–H and O–H groups in total. The molecule has 0 saturated heterocycles. The van der Waals surface area contributed by atoms with Crippen LogP contribution in [0.4, 0.5) is 5.69 Å². The topological polar surface area (TPSA) is 86.0 Å². The predicted octanol–water partition coefficient (Wildman–Crippen LogP) is 3.96. The SMILES string of the molecule is Cc1c(C(C)C)c(=O)n(-c2ccc(S(=O)(=O)Nc3cnc4ccccc4c3)cc2)n1C. The van der Waals surface area contributed by atoms with Gasteiger partial charge in [-0.15, -0.1) is 0 Å². The lowest BCUT2D eigenvalue weighted by atomic mass is 10.0. The van der Waals surface area contributed by atoms with Crippen molar-refractivity contribution in [2.75, 3.05) is 4.72 Å². The van der Waals surface area contributed by atoms with Crippen molar-refractivity contribution in [3.8, 4) is 5.69 Å². The van der Waals surface area contributed by atoms with Gasteiger partial charge in [-0.05, 0) is 49.2 Å². The molecule has 4 rings (SSSR count). The molecule has 0 spiro atoms. The standard InChI is InChI=1S/C23H24N4O3S/c1-15(2)22-16(3)26(4)27(23(22)28)19-9-11-20(12-10-19)31(29,30)25-18-13-17-7-5-6-8-21(17)24-14-18/h5-15,25H,1-4H3. The third-order valence-corrected chi connectivity index (χ3v) is 6.81. The lowest BCUT2D eigenvalue weighted by molar-refractivity contribution is 0.601. The van der Waals surface area contributed by atoms with Crippen molar-refractivity contribution in [2.45, 2.75) is 31.6 Å². The van der Waals surface area contributed by atoms with Gasteiger partial charge in [-0.3, -0.25) is 19.2 Å². The van der Waals surface area contributed by atoms with E-state index in [1.165, 1.54) is 18.3 Å². The van der Waals surface area contributed by atoms with Crippen molar-refractivity contribution in [3.05, 3.63) is 82.4 Å². The van der Waals surface area contributed by atoms with E-state index in [0.29, 0.717) is 11.4 Å². The Hall–Kier alpha value is -3.39. The van der Waals surface area contributed by atoms with Gasteiger partial charge >= 0.3 is 0 Å². The minimum absolute atomic E-state index is 0.0917. The van der Waals surface area contributed by atoms with Crippen molar-refractivity contribution in [2.24, 2.45) is 7.05 Å². The first kappa shape index (κ1) is 20.9. The van der Waals surface area contributed by atoms with Gasteiger partial charge in [0.1, 0.15) is 0 Å². The number of sulfonamides is 1.